The summed E-state index contributed by atoms with van der Waals surface area (Å²) in [4.78, 5) is 20.3. The van der Waals surface area contributed by atoms with Gasteiger partial charge in [-0.05, 0) is 24.1 Å². The molecule has 1 heterocycles. The van der Waals surface area contributed by atoms with Crippen molar-refractivity contribution in [3.63, 3.8) is 0 Å². The fraction of sp³-hybridized carbons (Fsp3) is 0.450. The Morgan fingerprint density at radius 3 is 2.38 bits per heavy atom. The maximum Gasteiger partial charge on any atom is 0.423 e. The number of aryl methyl sites for hydroxylation is 1. The second-order valence-electron chi connectivity index (χ2n) is 8.14. The normalized spacial score (nSPS) is 22.6. The van der Waals surface area contributed by atoms with E-state index in [4.69, 9.17) is 5.73 Å². The number of nitrogens with one attached hydrogen (secondary N) is 1. The number of nitrogen functional groups attached to an aromatic ring is 1. The molecule has 6 N–H and O–H groups in total. The van der Waals surface area contributed by atoms with Crippen LogP contribution in [0.15, 0.2) is 24.4 Å². The molecule has 1 aromatic carbocycles. The lowest BCUT2D eigenvalue weighted by Crippen LogP contribution is -2.62. The zero-order chi connectivity index (χ0) is 25.7. The molecule has 8 nitrogen and oxygen atoms in total. The van der Waals surface area contributed by atoms with E-state index in [1.165, 1.54) is 13.0 Å². The predicted octanol–water partition coefficient (Wildman–Crippen LogP) is 1.96. The van der Waals surface area contributed by atoms with Crippen molar-refractivity contribution in [1.29, 1.82) is 0 Å². The first-order valence-corrected chi connectivity index (χ1v) is 9.76. The molecule has 1 saturated carbocycles. The molecule has 1 amide bonds. The Morgan fingerprint density at radius 2 is 1.85 bits per heavy atom. The minimum absolute atomic E-state index is 0.0327. The minimum Gasteiger partial charge on any atom is -0.393 e. The lowest BCUT2D eigenvalue weighted by Gasteiger charge is -2.44. The molecular weight excluding hydrogens is 474 g/mol. The van der Waals surface area contributed by atoms with Gasteiger partial charge in [-0.15, -0.1) is 0 Å². The molecule has 3 rings (SSSR count). The maximum absolute atomic E-state index is 13.3. The molecule has 14 heteroatoms. The Labute approximate surface area is 188 Å². The highest BCUT2D eigenvalue weighted by Gasteiger charge is 2.61. The van der Waals surface area contributed by atoms with E-state index in [9.17, 15) is 46.5 Å². The Bertz CT molecular complexity index is 1100. The van der Waals surface area contributed by atoms with Crippen molar-refractivity contribution in [3.8, 4) is 11.3 Å². The second-order valence-corrected chi connectivity index (χ2v) is 8.14. The van der Waals surface area contributed by atoms with Crippen LogP contribution in [0.5, 0.6) is 0 Å². The van der Waals surface area contributed by atoms with E-state index in [-0.39, 0.29) is 17.1 Å². The van der Waals surface area contributed by atoms with Crippen molar-refractivity contribution in [3.05, 3.63) is 41.2 Å². The van der Waals surface area contributed by atoms with Crippen LogP contribution in [-0.4, -0.2) is 61.8 Å². The number of nitrogens with zero attached hydrogens (tertiary/aromatic N) is 2. The monoisotopic (exact) mass is 494 g/mol. The highest BCUT2D eigenvalue weighted by Crippen LogP contribution is 2.45. The predicted molar refractivity (Wildman–Crippen MR) is 105 cm³/mol. The smallest absolute Gasteiger partial charge is 0.393 e. The van der Waals surface area contributed by atoms with E-state index < -0.39 is 66.2 Å². The summed E-state index contributed by atoms with van der Waals surface area (Å²) in [6.45, 7) is -0.138. The highest BCUT2D eigenvalue weighted by atomic mass is 19.4. The number of nitrogens with two attached hydrogens (primary N) is 1. The van der Waals surface area contributed by atoms with Crippen LogP contribution in [-0.2, 0) is 5.60 Å². The number of aliphatic hydroxyl groups is 3. The number of carbonyl (C=O) groups excluding carboxylic acids is 1. The summed E-state index contributed by atoms with van der Waals surface area (Å²) in [6, 6.07) is 2.12. The molecule has 1 aliphatic rings. The molecule has 1 aromatic heterocycles. The summed E-state index contributed by atoms with van der Waals surface area (Å²) >= 11 is 0. The largest absolute Gasteiger partial charge is 0.423 e. The molecule has 0 spiro atoms. The molecule has 1 atom stereocenters. The van der Waals surface area contributed by atoms with Crippen LogP contribution in [0.4, 0.5) is 32.2 Å². The molecular formula is C20H20F6N4O4. The number of aliphatic hydroxyl groups excluding tert-OH is 1. The summed E-state index contributed by atoms with van der Waals surface area (Å²) in [5.41, 5.74) is -1.69. The fourth-order valence-corrected chi connectivity index (χ4v) is 3.54. The van der Waals surface area contributed by atoms with Crippen LogP contribution in [0, 0.1) is 6.92 Å². The molecule has 0 unspecified atom stereocenters. The van der Waals surface area contributed by atoms with Gasteiger partial charge >= 0.3 is 12.4 Å². The van der Waals surface area contributed by atoms with Gasteiger partial charge in [-0.2, -0.15) is 26.3 Å². The number of rotatable bonds is 5. The molecule has 1 aliphatic carbocycles. The Balaban J connectivity index is 1.90. The van der Waals surface area contributed by atoms with Crippen LogP contribution in [0.25, 0.3) is 11.3 Å². The van der Waals surface area contributed by atoms with E-state index in [2.05, 4.69) is 15.3 Å². The van der Waals surface area contributed by atoms with Crippen molar-refractivity contribution in [1.82, 2.24) is 15.3 Å². The third-order valence-electron chi connectivity index (χ3n) is 5.74. The topological polar surface area (TPSA) is 142 Å². The third kappa shape index (κ3) is 4.40. The lowest BCUT2D eigenvalue weighted by molar-refractivity contribution is -0.291. The lowest BCUT2D eigenvalue weighted by atomic mass is 9.75. The van der Waals surface area contributed by atoms with Gasteiger partial charge in [-0.3, -0.25) is 4.79 Å². The Morgan fingerprint density at radius 1 is 1.24 bits per heavy atom. The number of amides is 1. The van der Waals surface area contributed by atoms with Crippen molar-refractivity contribution in [2.75, 3.05) is 12.3 Å². The van der Waals surface area contributed by atoms with Gasteiger partial charge < -0.3 is 26.4 Å². The molecule has 1 fully saturated rings. The van der Waals surface area contributed by atoms with Gasteiger partial charge in [0.2, 0.25) is 5.60 Å². The number of benzene rings is 1. The van der Waals surface area contributed by atoms with Crippen LogP contribution in [0.1, 0.15) is 34.5 Å². The minimum atomic E-state index is -5.20. The van der Waals surface area contributed by atoms with Crippen molar-refractivity contribution in [2.45, 2.75) is 49.4 Å². The first kappa shape index (κ1) is 25.6. The van der Waals surface area contributed by atoms with Crippen LogP contribution >= 0.6 is 0 Å². The maximum atomic E-state index is 13.3. The van der Waals surface area contributed by atoms with Crippen molar-refractivity contribution in [2.24, 2.45) is 0 Å². The molecule has 0 radical (unpaired) electrons. The van der Waals surface area contributed by atoms with E-state index >= 15 is 0 Å². The van der Waals surface area contributed by atoms with E-state index in [1.807, 2.05) is 0 Å². The number of carbonyl (C=O) groups is 1. The summed E-state index contributed by atoms with van der Waals surface area (Å²) in [7, 11) is 0. The average molecular weight is 494 g/mol. The van der Waals surface area contributed by atoms with Gasteiger partial charge in [0.25, 0.3) is 5.91 Å². The zero-order valence-corrected chi connectivity index (χ0v) is 17.5. The summed E-state index contributed by atoms with van der Waals surface area (Å²) in [5, 5.41) is 31.0. The average Bonchev–Trinajstić information content (AvgIpc) is 2.71. The van der Waals surface area contributed by atoms with Crippen LogP contribution in [0.2, 0.25) is 0 Å². The van der Waals surface area contributed by atoms with Gasteiger partial charge in [-0.1, -0.05) is 12.1 Å². The summed E-state index contributed by atoms with van der Waals surface area (Å²) in [6.07, 6.45) is -10.5. The summed E-state index contributed by atoms with van der Waals surface area (Å²) < 4.78 is 78.3. The quantitative estimate of drug-likeness (QED) is 0.400. The number of hydrogen-bond acceptors (Lipinski definition) is 7. The molecule has 2 aromatic rings. The van der Waals surface area contributed by atoms with Crippen molar-refractivity contribution >= 4 is 11.7 Å². The van der Waals surface area contributed by atoms with Gasteiger partial charge in [0, 0.05) is 24.4 Å². The number of aromatic nitrogens is 2. The first-order chi connectivity index (χ1) is 15.5. The SMILES string of the molecule is Cc1ccc([C@](O)(CO)C(F)(F)F)cc1-c1cnc(N)c(C(=O)NC2CC(O)(C(F)(F)F)C2)n1. The number of hydrogen-bond donors (Lipinski definition) is 5. The van der Waals surface area contributed by atoms with Crippen molar-refractivity contribution < 1.29 is 46.5 Å². The zero-order valence-electron chi connectivity index (χ0n) is 17.5. The Kier molecular flexibility index (Phi) is 6.30. The third-order valence-corrected chi connectivity index (χ3v) is 5.74. The first-order valence-electron chi connectivity index (χ1n) is 9.76. The molecule has 34 heavy (non-hydrogen) atoms. The number of alkyl halides is 6. The standard InChI is InChI=1S/C20H20F6N4O4/c1-9-2-3-10(18(34,8-31)20(24,25)26)4-12(9)13-7-28-15(27)14(30-13)16(32)29-11-5-17(33,6-11)19(21,22)23/h2-4,7,11,31,33-34H,5-6,8H2,1H3,(H2,27,28)(H,29,32)/t11?,17?,18-/m1/s1. The van der Waals surface area contributed by atoms with E-state index in [1.54, 1.807) is 0 Å². The van der Waals surface area contributed by atoms with Gasteiger partial charge in [0.15, 0.2) is 17.1 Å². The van der Waals surface area contributed by atoms with E-state index in [0.29, 0.717) is 5.56 Å². The Hall–Kier alpha value is -2.97. The molecule has 186 valence electrons. The molecule has 0 aliphatic heterocycles. The van der Waals surface area contributed by atoms with E-state index in [0.717, 1.165) is 18.3 Å². The van der Waals surface area contributed by atoms with Gasteiger partial charge in [-0.25, -0.2) is 9.97 Å². The molecule has 0 bridgehead atoms. The summed E-state index contributed by atoms with van der Waals surface area (Å²) in [5.74, 6) is -1.38. The number of anilines is 1. The van der Waals surface area contributed by atoms with Gasteiger partial charge in [0.1, 0.15) is 0 Å². The second kappa shape index (κ2) is 8.36. The van der Waals surface area contributed by atoms with Crippen LogP contribution in [0.3, 0.4) is 0 Å². The number of halogens is 6. The molecule has 0 saturated heterocycles. The highest BCUT2D eigenvalue weighted by molar-refractivity contribution is 5.97. The van der Waals surface area contributed by atoms with Crippen LogP contribution < -0.4 is 11.1 Å². The van der Waals surface area contributed by atoms with Gasteiger partial charge in [0.05, 0.1) is 18.5 Å². The fourth-order valence-electron chi connectivity index (χ4n) is 3.54.